The van der Waals surface area contributed by atoms with E-state index in [4.69, 9.17) is 9.47 Å². The minimum atomic E-state index is -0.119. The minimum absolute atomic E-state index is 0.0259. The first-order valence-electron chi connectivity index (χ1n) is 8.57. The molecule has 0 bridgehead atoms. The fourth-order valence-electron chi connectivity index (χ4n) is 3.46. The van der Waals surface area contributed by atoms with Crippen LogP contribution in [0.25, 0.3) is 0 Å². The number of amides is 1. The van der Waals surface area contributed by atoms with E-state index in [1.54, 1.807) is 13.2 Å². The summed E-state index contributed by atoms with van der Waals surface area (Å²) < 4.78 is 11.1. The summed E-state index contributed by atoms with van der Waals surface area (Å²) in [5.74, 6) is 1.30. The van der Waals surface area contributed by atoms with Crippen LogP contribution in [0.5, 0.6) is 11.5 Å². The standard InChI is InChI=1S/C19H30N2O3/c1-7-10-24-15-9-8-14(11-16(15)23-6)17(22)21-12-18(2,3)20-19(4,5)13-21/h8-9,11,20H,7,10,12-13H2,1-6H3. The van der Waals surface area contributed by atoms with Crippen LogP contribution in [-0.2, 0) is 0 Å². The highest BCUT2D eigenvalue weighted by atomic mass is 16.5. The molecule has 1 aromatic rings. The molecular formula is C19H30N2O3. The molecule has 1 aliphatic rings. The molecule has 5 heteroatoms. The third kappa shape index (κ3) is 4.41. The fraction of sp³-hybridized carbons (Fsp3) is 0.632. The van der Waals surface area contributed by atoms with Gasteiger partial charge in [0.1, 0.15) is 0 Å². The topological polar surface area (TPSA) is 50.8 Å². The zero-order valence-electron chi connectivity index (χ0n) is 15.7. The first-order valence-corrected chi connectivity index (χ1v) is 8.57. The van der Waals surface area contributed by atoms with E-state index in [-0.39, 0.29) is 17.0 Å². The summed E-state index contributed by atoms with van der Waals surface area (Å²) in [7, 11) is 1.60. The molecule has 0 saturated carbocycles. The zero-order valence-corrected chi connectivity index (χ0v) is 15.7. The molecule has 134 valence electrons. The number of carbonyl (C=O) groups is 1. The average Bonchev–Trinajstić information content (AvgIpc) is 2.49. The first-order chi connectivity index (χ1) is 11.2. The van der Waals surface area contributed by atoms with Gasteiger partial charge in [-0.1, -0.05) is 6.92 Å². The Morgan fingerprint density at radius 1 is 1.17 bits per heavy atom. The number of ether oxygens (including phenoxy) is 2. The van der Waals surface area contributed by atoms with Gasteiger partial charge in [-0.05, 0) is 52.3 Å². The third-order valence-electron chi connectivity index (χ3n) is 4.01. The van der Waals surface area contributed by atoms with Crippen molar-refractivity contribution in [1.82, 2.24) is 10.2 Å². The quantitative estimate of drug-likeness (QED) is 0.899. The van der Waals surface area contributed by atoms with Gasteiger partial charge in [0.05, 0.1) is 13.7 Å². The van der Waals surface area contributed by atoms with E-state index in [0.29, 0.717) is 36.8 Å². The summed E-state index contributed by atoms with van der Waals surface area (Å²) in [6.45, 7) is 12.5. The largest absolute Gasteiger partial charge is 0.493 e. The summed E-state index contributed by atoms with van der Waals surface area (Å²) in [4.78, 5) is 14.9. The Morgan fingerprint density at radius 2 is 1.79 bits per heavy atom. The molecule has 0 aromatic heterocycles. The van der Waals surface area contributed by atoms with Crippen molar-refractivity contribution in [2.24, 2.45) is 0 Å². The van der Waals surface area contributed by atoms with Crippen LogP contribution in [0, 0.1) is 0 Å². The van der Waals surface area contributed by atoms with Crippen LogP contribution in [-0.4, -0.2) is 48.7 Å². The molecule has 0 radical (unpaired) electrons. The van der Waals surface area contributed by atoms with Gasteiger partial charge < -0.3 is 19.7 Å². The molecule has 1 N–H and O–H groups in total. The number of hydrogen-bond donors (Lipinski definition) is 1. The fourth-order valence-corrected chi connectivity index (χ4v) is 3.46. The lowest BCUT2D eigenvalue weighted by Gasteiger charge is -2.48. The van der Waals surface area contributed by atoms with Gasteiger partial charge in [-0.2, -0.15) is 0 Å². The maximum Gasteiger partial charge on any atom is 0.254 e. The van der Waals surface area contributed by atoms with Crippen LogP contribution in [0.3, 0.4) is 0 Å². The van der Waals surface area contributed by atoms with Gasteiger partial charge in [-0.3, -0.25) is 4.79 Å². The number of hydrogen-bond acceptors (Lipinski definition) is 4. The van der Waals surface area contributed by atoms with Crippen molar-refractivity contribution in [2.45, 2.75) is 52.1 Å². The molecule has 0 spiro atoms. The summed E-state index contributed by atoms with van der Waals surface area (Å²) in [5.41, 5.74) is 0.390. The van der Waals surface area contributed by atoms with Gasteiger partial charge in [0.25, 0.3) is 5.91 Å². The normalized spacial score (nSPS) is 19.0. The number of piperazine rings is 1. The molecular weight excluding hydrogens is 304 g/mol. The molecule has 24 heavy (non-hydrogen) atoms. The van der Waals surface area contributed by atoms with E-state index in [2.05, 4.69) is 39.9 Å². The lowest BCUT2D eigenvalue weighted by molar-refractivity contribution is 0.0471. The van der Waals surface area contributed by atoms with Crippen LogP contribution in [0.1, 0.15) is 51.4 Å². The predicted octanol–water partition coefficient (Wildman–Crippen LogP) is 3.09. The predicted molar refractivity (Wildman–Crippen MR) is 96.0 cm³/mol. The van der Waals surface area contributed by atoms with E-state index >= 15 is 0 Å². The molecule has 1 saturated heterocycles. The highest BCUT2D eigenvalue weighted by Crippen LogP contribution is 2.30. The minimum Gasteiger partial charge on any atom is -0.493 e. The number of methoxy groups -OCH3 is 1. The van der Waals surface area contributed by atoms with Crippen molar-refractivity contribution in [1.29, 1.82) is 0 Å². The summed E-state index contributed by atoms with van der Waals surface area (Å²) in [5, 5.41) is 3.58. The molecule has 1 heterocycles. The Morgan fingerprint density at radius 3 is 2.33 bits per heavy atom. The number of benzene rings is 1. The van der Waals surface area contributed by atoms with Crippen LogP contribution >= 0.6 is 0 Å². The average molecular weight is 334 g/mol. The monoisotopic (exact) mass is 334 g/mol. The molecule has 1 amide bonds. The van der Waals surface area contributed by atoms with Crippen molar-refractivity contribution in [3.05, 3.63) is 23.8 Å². The zero-order chi connectivity index (χ0) is 18.0. The maximum atomic E-state index is 13.0. The van der Waals surface area contributed by atoms with E-state index in [0.717, 1.165) is 6.42 Å². The SMILES string of the molecule is CCCOc1ccc(C(=O)N2CC(C)(C)NC(C)(C)C2)cc1OC. The van der Waals surface area contributed by atoms with Crippen molar-refractivity contribution in [2.75, 3.05) is 26.8 Å². The maximum absolute atomic E-state index is 13.0. The summed E-state index contributed by atoms with van der Waals surface area (Å²) in [6.07, 6.45) is 0.925. The smallest absolute Gasteiger partial charge is 0.254 e. The van der Waals surface area contributed by atoms with Gasteiger partial charge in [-0.15, -0.1) is 0 Å². The molecule has 0 unspecified atom stereocenters. The molecule has 0 aliphatic carbocycles. The highest BCUT2D eigenvalue weighted by molar-refractivity contribution is 5.95. The molecule has 1 aliphatic heterocycles. The lowest BCUT2D eigenvalue weighted by atomic mass is 9.91. The van der Waals surface area contributed by atoms with Crippen LogP contribution in [0.15, 0.2) is 18.2 Å². The Labute approximate surface area is 145 Å². The van der Waals surface area contributed by atoms with Gasteiger partial charge in [0.15, 0.2) is 11.5 Å². The Balaban J connectivity index is 2.23. The van der Waals surface area contributed by atoms with Crippen LogP contribution < -0.4 is 14.8 Å². The summed E-state index contributed by atoms with van der Waals surface area (Å²) >= 11 is 0. The highest BCUT2D eigenvalue weighted by Gasteiger charge is 2.38. The Kier molecular flexibility index (Phi) is 5.43. The number of rotatable bonds is 5. The van der Waals surface area contributed by atoms with Crippen molar-refractivity contribution in [3.63, 3.8) is 0 Å². The molecule has 1 fully saturated rings. The molecule has 5 nitrogen and oxygen atoms in total. The number of carbonyl (C=O) groups excluding carboxylic acids is 1. The lowest BCUT2D eigenvalue weighted by Crippen LogP contribution is -2.67. The van der Waals surface area contributed by atoms with Crippen LogP contribution in [0.2, 0.25) is 0 Å². The van der Waals surface area contributed by atoms with Gasteiger partial charge in [0, 0.05) is 29.7 Å². The van der Waals surface area contributed by atoms with E-state index in [1.165, 1.54) is 0 Å². The van der Waals surface area contributed by atoms with Crippen LogP contribution in [0.4, 0.5) is 0 Å². The van der Waals surface area contributed by atoms with E-state index < -0.39 is 0 Å². The van der Waals surface area contributed by atoms with Crippen molar-refractivity contribution < 1.29 is 14.3 Å². The second-order valence-corrected chi connectivity index (χ2v) is 7.77. The second kappa shape index (κ2) is 7.01. The third-order valence-corrected chi connectivity index (χ3v) is 4.01. The Hall–Kier alpha value is -1.75. The second-order valence-electron chi connectivity index (χ2n) is 7.77. The number of nitrogens with one attached hydrogen (secondary N) is 1. The van der Waals surface area contributed by atoms with Gasteiger partial charge >= 0.3 is 0 Å². The van der Waals surface area contributed by atoms with Gasteiger partial charge in [-0.25, -0.2) is 0 Å². The van der Waals surface area contributed by atoms with Gasteiger partial charge in [0.2, 0.25) is 0 Å². The first kappa shape index (κ1) is 18.6. The summed E-state index contributed by atoms with van der Waals surface area (Å²) in [6, 6.07) is 5.41. The Bertz CT molecular complexity index is 580. The van der Waals surface area contributed by atoms with E-state index in [9.17, 15) is 4.79 Å². The molecule has 1 aromatic carbocycles. The molecule has 2 rings (SSSR count). The number of nitrogens with zero attached hydrogens (tertiary/aromatic N) is 1. The molecule has 0 atom stereocenters. The van der Waals surface area contributed by atoms with E-state index in [1.807, 2.05) is 17.0 Å². The van der Waals surface area contributed by atoms with Crippen molar-refractivity contribution in [3.8, 4) is 11.5 Å². The van der Waals surface area contributed by atoms with Crippen molar-refractivity contribution >= 4 is 5.91 Å².